The molecule has 0 aromatic heterocycles. The van der Waals surface area contributed by atoms with Crippen molar-refractivity contribution in [2.24, 2.45) is 5.73 Å². The van der Waals surface area contributed by atoms with E-state index in [1.807, 2.05) is 4.72 Å². The van der Waals surface area contributed by atoms with Gasteiger partial charge >= 0.3 is 0 Å². The van der Waals surface area contributed by atoms with Crippen LogP contribution in [0.15, 0.2) is 35.2 Å². The lowest BCUT2D eigenvalue weighted by atomic mass is 10.1. The first-order valence-electron chi connectivity index (χ1n) is 8.63. The zero-order valence-electron chi connectivity index (χ0n) is 17.3. The number of carbonyl (C=O) groups is 2. The number of primary amides is 1. The summed E-state index contributed by atoms with van der Waals surface area (Å²) in [5, 5.41) is 0. The van der Waals surface area contributed by atoms with E-state index in [-0.39, 0.29) is 39.2 Å². The molecule has 0 saturated heterocycles. The van der Waals surface area contributed by atoms with Crippen molar-refractivity contribution in [3.05, 3.63) is 35.9 Å². The molecule has 2 aromatic rings. The van der Waals surface area contributed by atoms with Gasteiger partial charge in [-0.25, -0.2) is 13.1 Å². The van der Waals surface area contributed by atoms with Gasteiger partial charge in [-0.1, -0.05) is 0 Å². The fraction of sp³-hybridized carbons (Fsp3) is 0.263. The number of hydrogen-bond donors (Lipinski definition) is 2. The van der Waals surface area contributed by atoms with E-state index in [0.29, 0.717) is 0 Å². The molecular formula is C19H22N2O9S. The van der Waals surface area contributed by atoms with Crippen LogP contribution in [0.3, 0.4) is 0 Å². The molecule has 0 heterocycles. The second-order valence-electron chi connectivity index (χ2n) is 5.92. The monoisotopic (exact) mass is 454 g/mol. The molecule has 168 valence electrons. The number of rotatable bonds is 10. The summed E-state index contributed by atoms with van der Waals surface area (Å²) in [7, 11) is 0.929. The van der Waals surface area contributed by atoms with Crippen molar-refractivity contribution >= 4 is 21.8 Å². The van der Waals surface area contributed by atoms with Crippen molar-refractivity contribution in [1.29, 1.82) is 0 Å². The predicted molar refractivity (Wildman–Crippen MR) is 108 cm³/mol. The van der Waals surface area contributed by atoms with Gasteiger partial charge in [0, 0.05) is 11.6 Å². The highest BCUT2D eigenvalue weighted by Crippen LogP contribution is 2.38. The Hall–Kier alpha value is -3.67. The highest BCUT2D eigenvalue weighted by Gasteiger charge is 2.25. The first-order valence-corrected chi connectivity index (χ1v) is 10.1. The number of sulfonamides is 1. The highest BCUT2D eigenvalue weighted by molar-refractivity contribution is 7.90. The van der Waals surface area contributed by atoms with Gasteiger partial charge in [-0.05, 0) is 24.3 Å². The van der Waals surface area contributed by atoms with Crippen molar-refractivity contribution in [2.75, 3.05) is 35.0 Å². The van der Waals surface area contributed by atoms with E-state index in [1.54, 1.807) is 0 Å². The normalized spacial score (nSPS) is 10.7. The summed E-state index contributed by atoms with van der Waals surface area (Å²) in [6.45, 7) is -0.456. The first kappa shape index (κ1) is 23.6. The Morgan fingerprint density at radius 1 is 0.903 bits per heavy atom. The second-order valence-corrected chi connectivity index (χ2v) is 7.57. The Balaban J connectivity index is 2.42. The third kappa shape index (κ3) is 5.48. The maximum absolute atomic E-state index is 12.8. The summed E-state index contributed by atoms with van der Waals surface area (Å²) in [5.74, 6) is -1.34. The summed E-state index contributed by atoms with van der Waals surface area (Å²) >= 11 is 0. The van der Waals surface area contributed by atoms with E-state index in [9.17, 15) is 18.0 Å². The maximum Gasteiger partial charge on any atom is 0.268 e. The molecule has 0 fully saturated rings. The lowest BCUT2D eigenvalue weighted by Crippen LogP contribution is -2.31. The molecule has 0 aliphatic heterocycles. The molecule has 0 spiro atoms. The van der Waals surface area contributed by atoms with Gasteiger partial charge in [0.05, 0.1) is 28.4 Å². The smallest absolute Gasteiger partial charge is 0.268 e. The minimum Gasteiger partial charge on any atom is -0.497 e. The molecule has 12 heteroatoms. The Labute approximate surface area is 179 Å². The molecule has 0 unspecified atom stereocenters. The molecule has 0 bridgehead atoms. The van der Waals surface area contributed by atoms with Gasteiger partial charge in [0.15, 0.2) is 18.1 Å². The molecule has 2 amide bonds. The molecule has 3 N–H and O–H groups in total. The quantitative estimate of drug-likeness (QED) is 0.528. The van der Waals surface area contributed by atoms with Crippen LogP contribution in [0.2, 0.25) is 0 Å². The van der Waals surface area contributed by atoms with E-state index in [4.69, 9.17) is 29.4 Å². The van der Waals surface area contributed by atoms with Gasteiger partial charge < -0.3 is 29.4 Å². The maximum atomic E-state index is 12.8. The Bertz CT molecular complexity index is 1060. The molecule has 2 aromatic carbocycles. The number of nitrogens with one attached hydrogen (secondary N) is 1. The fourth-order valence-corrected chi connectivity index (χ4v) is 3.69. The van der Waals surface area contributed by atoms with Crippen molar-refractivity contribution in [3.63, 3.8) is 0 Å². The predicted octanol–water partition coefficient (Wildman–Crippen LogP) is 0.704. The largest absolute Gasteiger partial charge is 0.497 e. The molecule has 0 radical (unpaired) electrons. The van der Waals surface area contributed by atoms with Crippen LogP contribution in [0, 0.1) is 0 Å². The van der Waals surface area contributed by atoms with Crippen LogP contribution in [-0.2, 0) is 14.8 Å². The average molecular weight is 454 g/mol. The standard InChI is InChI=1S/C19H22N2O9S/c1-26-12-5-6-13(27-2)16(9-12)31(24,25)21-19(23)11-7-14(28-3)18(15(8-11)29-4)30-10-17(20)22/h5-9H,10H2,1-4H3,(H2,20,22)(H,21,23). The minimum atomic E-state index is -4.33. The van der Waals surface area contributed by atoms with Crippen molar-refractivity contribution < 1.29 is 41.7 Å². The number of benzene rings is 2. The summed E-state index contributed by atoms with van der Waals surface area (Å²) in [6.07, 6.45) is 0. The summed E-state index contributed by atoms with van der Waals surface area (Å²) in [4.78, 5) is 23.4. The van der Waals surface area contributed by atoms with Crippen LogP contribution in [0.5, 0.6) is 28.7 Å². The Morgan fingerprint density at radius 2 is 1.48 bits per heavy atom. The lowest BCUT2D eigenvalue weighted by Gasteiger charge is -2.16. The van der Waals surface area contributed by atoms with E-state index < -0.39 is 28.4 Å². The molecular weight excluding hydrogens is 432 g/mol. The van der Waals surface area contributed by atoms with E-state index in [0.717, 1.165) is 0 Å². The molecule has 0 saturated carbocycles. The topological polar surface area (TPSA) is 152 Å². The molecule has 31 heavy (non-hydrogen) atoms. The number of methoxy groups -OCH3 is 4. The fourth-order valence-electron chi connectivity index (χ4n) is 2.53. The van der Waals surface area contributed by atoms with Crippen molar-refractivity contribution in [1.82, 2.24) is 4.72 Å². The van der Waals surface area contributed by atoms with Crippen LogP contribution in [-0.4, -0.2) is 55.3 Å². The number of carbonyl (C=O) groups excluding carboxylic acids is 2. The summed E-state index contributed by atoms with van der Waals surface area (Å²) < 4.78 is 53.3. The molecule has 0 aliphatic carbocycles. The third-order valence-electron chi connectivity index (χ3n) is 3.97. The van der Waals surface area contributed by atoms with Crippen LogP contribution < -0.4 is 34.1 Å². The van der Waals surface area contributed by atoms with Crippen LogP contribution in [0.1, 0.15) is 10.4 Å². The average Bonchev–Trinajstić information content (AvgIpc) is 2.75. The van der Waals surface area contributed by atoms with Crippen LogP contribution in [0.4, 0.5) is 0 Å². The number of hydrogen-bond acceptors (Lipinski definition) is 9. The summed E-state index contributed by atoms with van der Waals surface area (Å²) in [6, 6.07) is 6.59. The second kappa shape index (κ2) is 9.89. The van der Waals surface area contributed by atoms with Gasteiger partial charge in [0.1, 0.15) is 16.4 Å². The SMILES string of the molecule is COc1ccc(OC)c(S(=O)(=O)NC(=O)c2cc(OC)c(OCC(N)=O)c(OC)c2)c1. The van der Waals surface area contributed by atoms with Crippen LogP contribution in [0.25, 0.3) is 0 Å². The number of amides is 2. The minimum absolute atomic E-state index is 0.0199. The summed E-state index contributed by atoms with van der Waals surface area (Å²) in [5.41, 5.74) is 4.97. The lowest BCUT2D eigenvalue weighted by molar-refractivity contribution is -0.120. The van der Waals surface area contributed by atoms with Crippen molar-refractivity contribution in [3.8, 4) is 28.7 Å². The number of nitrogens with two attached hydrogens (primary N) is 1. The van der Waals surface area contributed by atoms with E-state index in [1.165, 1.54) is 58.8 Å². The van der Waals surface area contributed by atoms with E-state index in [2.05, 4.69) is 0 Å². The Kier molecular flexibility index (Phi) is 7.53. The molecule has 2 rings (SSSR count). The molecule has 11 nitrogen and oxygen atoms in total. The zero-order valence-corrected chi connectivity index (χ0v) is 18.1. The molecule has 0 aliphatic rings. The van der Waals surface area contributed by atoms with Crippen LogP contribution >= 0.6 is 0 Å². The third-order valence-corrected chi connectivity index (χ3v) is 5.32. The highest BCUT2D eigenvalue weighted by atomic mass is 32.2. The van der Waals surface area contributed by atoms with Crippen molar-refractivity contribution in [2.45, 2.75) is 4.90 Å². The van der Waals surface area contributed by atoms with Gasteiger partial charge in [-0.3, -0.25) is 9.59 Å². The van der Waals surface area contributed by atoms with E-state index >= 15 is 0 Å². The van der Waals surface area contributed by atoms with Gasteiger partial charge in [-0.15, -0.1) is 0 Å². The first-order chi connectivity index (χ1) is 14.7. The van der Waals surface area contributed by atoms with Gasteiger partial charge in [0.25, 0.3) is 21.8 Å². The molecule has 0 atom stereocenters. The Morgan fingerprint density at radius 3 is 1.97 bits per heavy atom. The number of ether oxygens (including phenoxy) is 5. The van der Waals surface area contributed by atoms with Gasteiger partial charge in [0.2, 0.25) is 5.75 Å². The van der Waals surface area contributed by atoms with Gasteiger partial charge in [-0.2, -0.15) is 0 Å². The zero-order chi connectivity index (χ0) is 23.2.